The average molecular weight is 455 g/mol. The third kappa shape index (κ3) is 4.15. The van der Waals surface area contributed by atoms with Gasteiger partial charge in [-0.25, -0.2) is 0 Å². The number of rotatable bonds is 3. The number of benzene rings is 3. The van der Waals surface area contributed by atoms with Gasteiger partial charge < -0.3 is 9.47 Å². The smallest absolute Gasteiger partial charge is 0.123 e. The Labute approximate surface area is 204 Å². The van der Waals surface area contributed by atoms with Crippen molar-refractivity contribution in [3.05, 3.63) is 77.4 Å². The van der Waals surface area contributed by atoms with E-state index in [1.807, 2.05) is 0 Å². The van der Waals surface area contributed by atoms with Crippen molar-refractivity contribution in [2.75, 3.05) is 13.2 Å². The predicted molar refractivity (Wildman–Crippen MR) is 140 cm³/mol. The second-order valence-corrected chi connectivity index (χ2v) is 10.9. The van der Waals surface area contributed by atoms with Crippen LogP contribution in [0.15, 0.2) is 60.7 Å². The van der Waals surface area contributed by atoms with E-state index in [0.717, 1.165) is 43.6 Å². The standard InChI is InChI=1S/C32H38O2/c1-2-7-22-12-14-23(15-13-22)26-20-33-29-18-16-24-8-3-5-10-27(24)31(29)32-28-11-6-4-9-25(28)17-19-30(32)34-21-26/h3-6,8-11,16,18,22-23,26,30,32H,2,7,12-15,17,19-21H2,1H3. The maximum absolute atomic E-state index is 6.89. The van der Waals surface area contributed by atoms with Gasteiger partial charge in [0.1, 0.15) is 5.75 Å². The van der Waals surface area contributed by atoms with E-state index >= 15 is 0 Å². The molecule has 0 bridgehead atoms. The Bertz CT molecular complexity index is 1130. The predicted octanol–water partition coefficient (Wildman–Crippen LogP) is 7.92. The summed E-state index contributed by atoms with van der Waals surface area (Å²) in [4.78, 5) is 0. The zero-order valence-corrected chi connectivity index (χ0v) is 20.5. The van der Waals surface area contributed by atoms with Crippen molar-refractivity contribution >= 4 is 10.8 Å². The Hall–Kier alpha value is -2.32. The number of ether oxygens (including phenoxy) is 2. The van der Waals surface area contributed by atoms with Crippen molar-refractivity contribution < 1.29 is 9.47 Å². The van der Waals surface area contributed by atoms with Crippen LogP contribution in [0.5, 0.6) is 5.75 Å². The first kappa shape index (κ1) is 22.2. The van der Waals surface area contributed by atoms with Gasteiger partial charge in [0.2, 0.25) is 0 Å². The van der Waals surface area contributed by atoms with Crippen molar-refractivity contribution in [1.82, 2.24) is 0 Å². The maximum atomic E-state index is 6.89. The molecular weight excluding hydrogens is 416 g/mol. The molecule has 3 aromatic rings. The monoisotopic (exact) mass is 454 g/mol. The van der Waals surface area contributed by atoms with Gasteiger partial charge in [-0.1, -0.05) is 87.2 Å². The molecule has 0 amide bonds. The summed E-state index contributed by atoms with van der Waals surface area (Å²) < 4.78 is 13.6. The largest absolute Gasteiger partial charge is 0.493 e. The van der Waals surface area contributed by atoms with E-state index in [1.54, 1.807) is 0 Å². The molecule has 2 heteroatoms. The molecule has 6 rings (SSSR count). The zero-order chi connectivity index (χ0) is 22.9. The molecule has 3 unspecified atom stereocenters. The van der Waals surface area contributed by atoms with Gasteiger partial charge in [0.25, 0.3) is 0 Å². The van der Waals surface area contributed by atoms with Gasteiger partial charge in [-0.05, 0) is 65.5 Å². The van der Waals surface area contributed by atoms with Crippen molar-refractivity contribution in [2.24, 2.45) is 17.8 Å². The molecule has 0 spiro atoms. The Morgan fingerprint density at radius 1 is 0.794 bits per heavy atom. The molecule has 3 atom stereocenters. The zero-order valence-electron chi connectivity index (χ0n) is 20.5. The van der Waals surface area contributed by atoms with Gasteiger partial charge in [0.15, 0.2) is 0 Å². The van der Waals surface area contributed by atoms with Crippen LogP contribution in [0.3, 0.4) is 0 Å². The Morgan fingerprint density at radius 3 is 2.50 bits per heavy atom. The maximum Gasteiger partial charge on any atom is 0.123 e. The highest BCUT2D eigenvalue weighted by Gasteiger charge is 2.37. The van der Waals surface area contributed by atoms with Gasteiger partial charge in [-0.2, -0.15) is 0 Å². The minimum Gasteiger partial charge on any atom is -0.493 e. The van der Waals surface area contributed by atoms with Gasteiger partial charge in [0, 0.05) is 17.4 Å². The molecule has 0 radical (unpaired) electrons. The molecule has 2 aliphatic carbocycles. The van der Waals surface area contributed by atoms with Crippen LogP contribution < -0.4 is 4.74 Å². The lowest BCUT2D eigenvalue weighted by atomic mass is 9.74. The first-order valence-electron chi connectivity index (χ1n) is 13.7. The lowest BCUT2D eigenvalue weighted by molar-refractivity contribution is -0.0138. The molecular formula is C32H38O2. The third-order valence-electron chi connectivity index (χ3n) is 8.93. The lowest BCUT2D eigenvalue weighted by Crippen LogP contribution is -2.33. The van der Waals surface area contributed by atoms with Crippen LogP contribution in [0.25, 0.3) is 10.8 Å². The summed E-state index contributed by atoms with van der Waals surface area (Å²) in [5, 5.41) is 2.60. The van der Waals surface area contributed by atoms with E-state index in [1.165, 1.54) is 66.0 Å². The van der Waals surface area contributed by atoms with E-state index in [0.29, 0.717) is 5.92 Å². The fraction of sp³-hybridized carbons (Fsp3) is 0.500. The van der Waals surface area contributed by atoms with Crippen LogP contribution in [-0.2, 0) is 11.2 Å². The first-order valence-corrected chi connectivity index (χ1v) is 13.7. The highest BCUT2D eigenvalue weighted by Crippen LogP contribution is 2.46. The fourth-order valence-corrected chi connectivity index (χ4v) is 7.09. The summed E-state index contributed by atoms with van der Waals surface area (Å²) >= 11 is 0. The van der Waals surface area contributed by atoms with E-state index in [9.17, 15) is 0 Å². The van der Waals surface area contributed by atoms with Crippen LogP contribution >= 0.6 is 0 Å². The lowest BCUT2D eigenvalue weighted by Gasteiger charge is -2.36. The van der Waals surface area contributed by atoms with Crippen molar-refractivity contribution in [2.45, 2.75) is 70.3 Å². The summed E-state index contributed by atoms with van der Waals surface area (Å²) in [5.74, 6) is 3.44. The summed E-state index contributed by atoms with van der Waals surface area (Å²) in [7, 11) is 0. The Morgan fingerprint density at radius 2 is 1.62 bits per heavy atom. The molecule has 2 nitrogen and oxygen atoms in total. The molecule has 1 aliphatic heterocycles. The molecule has 0 aromatic heterocycles. The van der Waals surface area contributed by atoms with E-state index in [4.69, 9.17) is 9.47 Å². The minimum absolute atomic E-state index is 0.208. The number of hydrogen-bond donors (Lipinski definition) is 0. The van der Waals surface area contributed by atoms with Crippen LogP contribution in [0, 0.1) is 17.8 Å². The molecule has 1 fully saturated rings. The Kier molecular flexibility index (Phi) is 6.35. The summed E-state index contributed by atoms with van der Waals surface area (Å²) in [6.07, 6.45) is 10.6. The van der Waals surface area contributed by atoms with Crippen molar-refractivity contribution in [1.29, 1.82) is 0 Å². The molecule has 34 heavy (non-hydrogen) atoms. The molecule has 1 saturated carbocycles. The summed E-state index contributed by atoms with van der Waals surface area (Å²) in [6, 6.07) is 22.3. The first-order chi connectivity index (χ1) is 16.8. The highest BCUT2D eigenvalue weighted by molar-refractivity contribution is 5.89. The second-order valence-electron chi connectivity index (χ2n) is 10.9. The molecule has 3 aromatic carbocycles. The molecule has 3 aliphatic rings. The highest BCUT2D eigenvalue weighted by atomic mass is 16.5. The average Bonchev–Trinajstić information content (AvgIpc) is 2.97. The van der Waals surface area contributed by atoms with Gasteiger partial charge in [-0.15, -0.1) is 0 Å². The van der Waals surface area contributed by atoms with E-state index in [2.05, 4.69) is 67.6 Å². The third-order valence-corrected chi connectivity index (χ3v) is 8.93. The quantitative estimate of drug-likeness (QED) is 0.400. The van der Waals surface area contributed by atoms with Gasteiger partial charge >= 0.3 is 0 Å². The fourth-order valence-electron chi connectivity index (χ4n) is 7.09. The van der Waals surface area contributed by atoms with Crippen LogP contribution in [-0.4, -0.2) is 19.3 Å². The number of aryl methyl sites for hydroxylation is 1. The molecule has 178 valence electrons. The topological polar surface area (TPSA) is 18.5 Å². The number of hydrogen-bond acceptors (Lipinski definition) is 2. The van der Waals surface area contributed by atoms with E-state index < -0.39 is 0 Å². The van der Waals surface area contributed by atoms with Crippen molar-refractivity contribution in [3.8, 4) is 5.75 Å². The van der Waals surface area contributed by atoms with Gasteiger partial charge in [0.05, 0.1) is 19.3 Å². The number of fused-ring (bicyclic) bond motifs is 7. The van der Waals surface area contributed by atoms with Gasteiger partial charge in [-0.3, -0.25) is 0 Å². The van der Waals surface area contributed by atoms with E-state index in [-0.39, 0.29) is 12.0 Å². The Balaban J connectivity index is 1.37. The second kappa shape index (κ2) is 9.74. The molecule has 0 saturated heterocycles. The minimum atomic E-state index is 0.208. The van der Waals surface area contributed by atoms with Crippen LogP contribution in [0.4, 0.5) is 0 Å². The molecule has 1 heterocycles. The SMILES string of the molecule is CCCC1CCC(C2COc3ccc4ccccc4c3C3c4ccccc4CCC3OC2)CC1. The van der Waals surface area contributed by atoms with Crippen LogP contribution in [0.2, 0.25) is 0 Å². The summed E-state index contributed by atoms with van der Waals surface area (Å²) in [5.41, 5.74) is 4.23. The summed E-state index contributed by atoms with van der Waals surface area (Å²) in [6.45, 7) is 3.93. The van der Waals surface area contributed by atoms with Crippen molar-refractivity contribution in [3.63, 3.8) is 0 Å². The molecule has 0 N–H and O–H groups in total. The normalized spacial score (nSPS) is 29.0. The van der Waals surface area contributed by atoms with Crippen LogP contribution in [0.1, 0.15) is 74.5 Å².